The normalized spacial score (nSPS) is 10.0. The second-order valence-electron chi connectivity index (χ2n) is 3.19. The predicted octanol–water partition coefficient (Wildman–Crippen LogP) is 1.58. The van der Waals surface area contributed by atoms with Gasteiger partial charge in [-0.1, -0.05) is 0 Å². The molecule has 2 rings (SSSR count). The maximum absolute atomic E-state index is 12.3. The summed E-state index contributed by atoms with van der Waals surface area (Å²) in [6.45, 7) is 0.428. The van der Waals surface area contributed by atoms with Crippen LogP contribution in [0.2, 0.25) is 0 Å². The standard InChI is InChI=1S/C10H9FN6S/c11-7-18-17-10(3-8(4-12)16-17)15-6-9-5-13-1-2-14-9/h1-3,5,15H,6-7H2. The van der Waals surface area contributed by atoms with Crippen LogP contribution in [0.1, 0.15) is 11.4 Å². The number of hydrogen-bond donors (Lipinski definition) is 1. The van der Waals surface area contributed by atoms with Crippen molar-refractivity contribution in [3.63, 3.8) is 0 Å². The number of alkyl halides is 1. The summed E-state index contributed by atoms with van der Waals surface area (Å²) in [6, 6.07) is 2.84. The van der Waals surface area contributed by atoms with E-state index in [4.69, 9.17) is 5.26 Å². The summed E-state index contributed by atoms with van der Waals surface area (Å²) in [4.78, 5) is 8.03. The number of halogens is 1. The topological polar surface area (TPSA) is 79.4 Å². The van der Waals surface area contributed by atoms with Gasteiger partial charge in [-0.2, -0.15) is 9.35 Å². The third-order valence-electron chi connectivity index (χ3n) is 2.03. The highest BCUT2D eigenvalue weighted by atomic mass is 32.2. The van der Waals surface area contributed by atoms with Crippen LogP contribution < -0.4 is 5.32 Å². The Morgan fingerprint density at radius 1 is 1.50 bits per heavy atom. The minimum absolute atomic E-state index is 0.234. The highest BCUT2D eigenvalue weighted by Gasteiger charge is 2.08. The average Bonchev–Trinajstić information content (AvgIpc) is 2.81. The molecule has 0 bridgehead atoms. The third-order valence-corrected chi connectivity index (χ3v) is 2.65. The first-order valence-electron chi connectivity index (χ1n) is 5.01. The van der Waals surface area contributed by atoms with E-state index < -0.39 is 6.01 Å². The van der Waals surface area contributed by atoms with Crippen LogP contribution in [0.4, 0.5) is 10.2 Å². The maximum Gasteiger partial charge on any atom is 0.165 e. The van der Waals surface area contributed by atoms with Crippen LogP contribution in [-0.4, -0.2) is 25.2 Å². The van der Waals surface area contributed by atoms with Crippen LogP contribution in [-0.2, 0) is 6.54 Å². The molecule has 1 N–H and O–H groups in total. The third kappa shape index (κ3) is 2.95. The molecule has 0 saturated heterocycles. The van der Waals surface area contributed by atoms with Crippen molar-refractivity contribution in [1.29, 1.82) is 5.26 Å². The predicted molar refractivity (Wildman–Crippen MR) is 65.3 cm³/mol. The number of hydrogen-bond acceptors (Lipinski definition) is 6. The van der Waals surface area contributed by atoms with Crippen LogP contribution in [0.15, 0.2) is 24.7 Å². The molecule has 0 aliphatic carbocycles. The SMILES string of the molecule is N#Cc1cc(NCc2cnccn2)n(SCF)n1. The lowest BCUT2D eigenvalue weighted by atomic mass is 10.4. The zero-order valence-corrected chi connectivity index (χ0v) is 10.1. The van der Waals surface area contributed by atoms with E-state index in [1.54, 1.807) is 24.7 Å². The van der Waals surface area contributed by atoms with E-state index >= 15 is 0 Å². The molecule has 0 saturated carbocycles. The van der Waals surface area contributed by atoms with Gasteiger partial charge in [0.15, 0.2) is 11.7 Å². The van der Waals surface area contributed by atoms with Crippen molar-refractivity contribution in [3.8, 4) is 6.07 Å². The second kappa shape index (κ2) is 5.97. The van der Waals surface area contributed by atoms with Crippen LogP contribution >= 0.6 is 11.9 Å². The summed E-state index contributed by atoms with van der Waals surface area (Å²) in [6.07, 6.45) is 4.80. The van der Waals surface area contributed by atoms with Crippen LogP contribution in [0, 0.1) is 11.3 Å². The van der Waals surface area contributed by atoms with E-state index in [1.807, 2.05) is 6.07 Å². The average molecular weight is 264 g/mol. The van der Waals surface area contributed by atoms with Gasteiger partial charge in [0.05, 0.1) is 18.4 Å². The molecule has 6 nitrogen and oxygen atoms in total. The summed E-state index contributed by atoms with van der Waals surface area (Å²) in [7, 11) is 0. The maximum atomic E-state index is 12.3. The molecule has 0 aliphatic heterocycles. The Bertz CT molecular complexity index is 549. The number of nitriles is 1. The van der Waals surface area contributed by atoms with Gasteiger partial charge in [0.1, 0.15) is 11.9 Å². The number of anilines is 1. The van der Waals surface area contributed by atoms with Crippen molar-refractivity contribution in [1.82, 2.24) is 19.2 Å². The van der Waals surface area contributed by atoms with Gasteiger partial charge in [-0.25, -0.2) is 4.39 Å². The molecular weight excluding hydrogens is 255 g/mol. The number of nitrogens with one attached hydrogen (secondary N) is 1. The molecular formula is C10H9FN6S. The Morgan fingerprint density at radius 2 is 2.39 bits per heavy atom. The molecule has 0 unspecified atom stereocenters. The molecule has 2 heterocycles. The summed E-state index contributed by atoms with van der Waals surface area (Å²) in [5.41, 5.74) is 0.978. The molecule has 0 aliphatic rings. The summed E-state index contributed by atoms with van der Waals surface area (Å²) >= 11 is 0.862. The quantitative estimate of drug-likeness (QED) is 0.883. The van der Waals surface area contributed by atoms with Crippen molar-refractivity contribution in [2.24, 2.45) is 0 Å². The Hall–Kier alpha value is -2.14. The summed E-state index contributed by atoms with van der Waals surface area (Å²) in [5, 5.41) is 15.7. The first kappa shape index (κ1) is 12.3. The number of rotatable bonds is 5. The second-order valence-corrected chi connectivity index (χ2v) is 4.01. The molecule has 0 fully saturated rings. The van der Waals surface area contributed by atoms with E-state index in [2.05, 4.69) is 20.4 Å². The van der Waals surface area contributed by atoms with Crippen molar-refractivity contribution >= 4 is 17.8 Å². The fourth-order valence-corrected chi connectivity index (χ4v) is 1.78. The molecule has 18 heavy (non-hydrogen) atoms. The lowest BCUT2D eigenvalue weighted by molar-refractivity contribution is 0.603. The van der Waals surface area contributed by atoms with Crippen molar-refractivity contribution in [2.75, 3.05) is 11.3 Å². The van der Waals surface area contributed by atoms with E-state index in [-0.39, 0.29) is 5.69 Å². The first-order valence-corrected chi connectivity index (χ1v) is 5.96. The van der Waals surface area contributed by atoms with Gasteiger partial charge >= 0.3 is 0 Å². The molecule has 92 valence electrons. The number of aromatic nitrogens is 4. The summed E-state index contributed by atoms with van der Waals surface area (Å²) in [5.74, 6) is 0.555. The Balaban J connectivity index is 2.09. The van der Waals surface area contributed by atoms with Gasteiger partial charge in [-0.3, -0.25) is 9.97 Å². The zero-order valence-electron chi connectivity index (χ0n) is 9.25. The monoisotopic (exact) mass is 264 g/mol. The first-order chi connectivity index (χ1) is 8.83. The minimum atomic E-state index is -0.619. The van der Waals surface area contributed by atoms with Crippen LogP contribution in [0.3, 0.4) is 0 Å². The van der Waals surface area contributed by atoms with Gasteiger partial charge < -0.3 is 5.32 Å². The lowest BCUT2D eigenvalue weighted by Crippen LogP contribution is -2.05. The zero-order chi connectivity index (χ0) is 12.8. The highest BCUT2D eigenvalue weighted by molar-refractivity contribution is 7.97. The fraction of sp³-hybridized carbons (Fsp3) is 0.200. The van der Waals surface area contributed by atoms with E-state index in [0.717, 1.165) is 17.6 Å². The highest BCUT2D eigenvalue weighted by Crippen LogP contribution is 2.17. The molecule has 2 aromatic rings. The minimum Gasteiger partial charge on any atom is -0.364 e. The molecule has 2 aromatic heterocycles. The van der Waals surface area contributed by atoms with Gasteiger partial charge in [0, 0.05) is 30.4 Å². The van der Waals surface area contributed by atoms with Gasteiger partial charge in [0.25, 0.3) is 0 Å². The smallest absolute Gasteiger partial charge is 0.165 e. The molecule has 0 aromatic carbocycles. The van der Waals surface area contributed by atoms with Crippen molar-refractivity contribution in [2.45, 2.75) is 6.54 Å². The van der Waals surface area contributed by atoms with E-state index in [1.165, 1.54) is 4.09 Å². The molecule has 0 radical (unpaired) electrons. The Kier molecular flexibility index (Phi) is 4.09. The Morgan fingerprint density at radius 3 is 3.06 bits per heavy atom. The van der Waals surface area contributed by atoms with E-state index in [0.29, 0.717) is 12.4 Å². The van der Waals surface area contributed by atoms with Gasteiger partial charge in [-0.15, -0.1) is 5.10 Å². The van der Waals surface area contributed by atoms with Crippen molar-refractivity contribution < 1.29 is 4.39 Å². The number of nitrogens with zero attached hydrogens (tertiary/aromatic N) is 5. The fourth-order valence-electron chi connectivity index (χ4n) is 1.29. The van der Waals surface area contributed by atoms with Gasteiger partial charge in [-0.05, 0) is 0 Å². The Labute approximate surface area is 107 Å². The molecule has 0 atom stereocenters. The van der Waals surface area contributed by atoms with Gasteiger partial charge in [0.2, 0.25) is 0 Å². The summed E-state index contributed by atoms with van der Waals surface area (Å²) < 4.78 is 13.6. The van der Waals surface area contributed by atoms with Crippen LogP contribution in [0.25, 0.3) is 0 Å². The molecule has 0 amide bonds. The van der Waals surface area contributed by atoms with Crippen LogP contribution in [0.5, 0.6) is 0 Å². The molecule has 0 spiro atoms. The van der Waals surface area contributed by atoms with Crippen molar-refractivity contribution in [3.05, 3.63) is 36.0 Å². The molecule has 8 heteroatoms. The van der Waals surface area contributed by atoms with E-state index in [9.17, 15) is 4.39 Å². The largest absolute Gasteiger partial charge is 0.364 e. The lowest BCUT2D eigenvalue weighted by Gasteiger charge is -2.06.